The molecule has 7 rings (SSSR count). The molecule has 0 atom stereocenters. The predicted molar refractivity (Wildman–Crippen MR) is 134 cm³/mol. The van der Waals surface area contributed by atoms with Gasteiger partial charge in [-0.1, -0.05) is 12.2 Å². The number of rotatable bonds is 5. The van der Waals surface area contributed by atoms with E-state index in [9.17, 15) is 4.39 Å². The van der Waals surface area contributed by atoms with Gasteiger partial charge in [-0.15, -0.1) is 0 Å². The van der Waals surface area contributed by atoms with Gasteiger partial charge in [0.1, 0.15) is 11.3 Å². The summed E-state index contributed by atoms with van der Waals surface area (Å²) in [4.78, 5) is 19.0. The summed E-state index contributed by atoms with van der Waals surface area (Å²) in [6, 6.07) is 5.22. The standard InChI is InChI=1S/C27H26FN5O3/c1-34-19-14-32(15-19)13-16-9-22-23-24(36-27(22)29-12-16)26(33-5-7-35-8-6-33)31-25(30-23)21-11-18(28)10-17-3-2-4-20(17)21/h2,4,9-12,19H,3,5-8,13-15H2,1H3. The van der Waals surface area contributed by atoms with Gasteiger partial charge in [0.2, 0.25) is 5.71 Å². The second-order valence-corrected chi connectivity index (χ2v) is 9.63. The summed E-state index contributed by atoms with van der Waals surface area (Å²) in [5, 5.41) is 0.841. The van der Waals surface area contributed by atoms with E-state index in [1.165, 1.54) is 6.07 Å². The molecule has 1 aliphatic carbocycles. The van der Waals surface area contributed by atoms with Crippen molar-refractivity contribution in [2.24, 2.45) is 0 Å². The largest absolute Gasteiger partial charge is 0.432 e. The minimum atomic E-state index is -0.283. The lowest BCUT2D eigenvalue weighted by atomic mass is 10.0. The number of hydrogen-bond acceptors (Lipinski definition) is 8. The smallest absolute Gasteiger partial charge is 0.229 e. The normalized spacial score (nSPS) is 18.3. The lowest BCUT2D eigenvalue weighted by molar-refractivity contribution is -0.0334. The van der Waals surface area contributed by atoms with Gasteiger partial charge in [0.05, 0.1) is 24.7 Å². The van der Waals surface area contributed by atoms with Gasteiger partial charge in [0, 0.05) is 51.6 Å². The molecule has 184 valence electrons. The molecule has 0 amide bonds. The fraction of sp³-hybridized carbons (Fsp3) is 0.370. The molecule has 4 aromatic rings. The fourth-order valence-electron chi connectivity index (χ4n) is 5.34. The van der Waals surface area contributed by atoms with E-state index in [2.05, 4.69) is 20.9 Å². The van der Waals surface area contributed by atoms with Crippen LogP contribution in [0.4, 0.5) is 10.2 Å². The van der Waals surface area contributed by atoms with Crippen molar-refractivity contribution in [2.45, 2.75) is 19.1 Å². The highest BCUT2D eigenvalue weighted by atomic mass is 19.1. The van der Waals surface area contributed by atoms with Crippen molar-refractivity contribution in [3.05, 3.63) is 53.0 Å². The van der Waals surface area contributed by atoms with Crippen LogP contribution in [0.5, 0.6) is 0 Å². The Morgan fingerprint density at radius 2 is 2.00 bits per heavy atom. The topological polar surface area (TPSA) is 76.8 Å². The van der Waals surface area contributed by atoms with Gasteiger partial charge in [-0.3, -0.25) is 4.90 Å². The van der Waals surface area contributed by atoms with Crippen molar-refractivity contribution in [3.8, 4) is 11.4 Å². The van der Waals surface area contributed by atoms with E-state index in [0.29, 0.717) is 72.8 Å². The second-order valence-electron chi connectivity index (χ2n) is 9.63. The van der Waals surface area contributed by atoms with Crippen molar-refractivity contribution in [1.82, 2.24) is 19.9 Å². The molecular formula is C27H26FN5O3. The Bertz CT molecular complexity index is 1500. The lowest BCUT2D eigenvalue weighted by Crippen LogP contribution is -2.50. The molecule has 1 aromatic carbocycles. The number of pyridine rings is 1. The maximum atomic E-state index is 14.6. The molecule has 8 nitrogen and oxygen atoms in total. The quantitative estimate of drug-likeness (QED) is 0.421. The molecule has 0 unspecified atom stereocenters. The molecule has 2 saturated heterocycles. The van der Waals surface area contributed by atoms with E-state index < -0.39 is 0 Å². The van der Waals surface area contributed by atoms with Crippen LogP contribution in [0, 0.1) is 5.82 Å². The number of fused-ring (bicyclic) bond motifs is 4. The van der Waals surface area contributed by atoms with Crippen molar-refractivity contribution < 1.29 is 18.3 Å². The molecule has 3 aromatic heterocycles. The number of furan rings is 1. The second kappa shape index (κ2) is 8.62. The SMILES string of the molecule is COC1CN(Cc2cnc3oc4c(N5CCOCC5)nc(-c5cc(F)cc6c5C=CC6)nc4c3c2)C1. The van der Waals surface area contributed by atoms with Crippen LogP contribution in [-0.4, -0.2) is 72.5 Å². The maximum Gasteiger partial charge on any atom is 0.229 e. The van der Waals surface area contributed by atoms with Gasteiger partial charge >= 0.3 is 0 Å². The summed E-state index contributed by atoms with van der Waals surface area (Å²) in [7, 11) is 1.75. The maximum absolute atomic E-state index is 14.6. The van der Waals surface area contributed by atoms with Gasteiger partial charge in [0.15, 0.2) is 17.2 Å². The van der Waals surface area contributed by atoms with Crippen LogP contribution in [0.2, 0.25) is 0 Å². The molecule has 2 aliphatic heterocycles. The van der Waals surface area contributed by atoms with Crippen molar-refractivity contribution in [3.63, 3.8) is 0 Å². The molecule has 0 radical (unpaired) electrons. The fourth-order valence-corrected chi connectivity index (χ4v) is 5.34. The van der Waals surface area contributed by atoms with Crippen LogP contribution in [0.1, 0.15) is 16.7 Å². The van der Waals surface area contributed by atoms with E-state index >= 15 is 0 Å². The minimum Gasteiger partial charge on any atom is -0.432 e. The number of hydrogen-bond donors (Lipinski definition) is 0. The molecule has 0 spiro atoms. The Labute approximate surface area is 207 Å². The molecule has 36 heavy (non-hydrogen) atoms. The molecule has 9 heteroatoms. The summed E-state index contributed by atoms with van der Waals surface area (Å²) >= 11 is 0. The number of aromatic nitrogens is 3. The minimum absolute atomic E-state index is 0.283. The van der Waals surface area contributed by atoms with Gasteiger partial charge < -0.3 is 18.8 Å². The highest BCUT2D eigenvalue weighted by Gasteiger charge is 2.28. The van der Waals surface area contributed by atoms with Crippen LogP contribution in [0.15, 0.2) is 34.9 Å². The first-order chi connectivity index (χ1) is 17.7. The average molecular weight is 488 g/mol. The Balaban J connectivity index is 1.39. The van der Waals surface area contributed by atoms with E-state index in [0.717, 1.165) is 41.7 Å². The first-order valence-corrected chi connectivity index (χ1v) is 12.3. The summed E-state index contributed by atoms with van der Waals surface area (Å²) in [6.07, 6.45) is 6.94. The monoisotopic (exact) mass is 487 g/mol. The molecule has 0 bridgehead atoms. The van der Waals surface area contributed by atoms with Crippen LogP contribution in [-0.2, 0) is 22.4 Å². The zero-order valence-electron chi connectivity index (χ0n) is 20.0. The first-order valence-electron chi connectivity index (χ1n) is 12.3. The van der Waals surface area contributed by atoms with Crippen LogP contribution < -0.4 is 4.90 Å². The summed E-state index contributed by atoms with van der Waals surface area (Å²) < 4.78 is 31.8. The number of morpholine rings is 1. The van der Waals surface area contributed by atoms with Gasteiger partial charge in [-0.2, -0.15) is 0 Å². The third kappa shape index (κ3) is 3.66. The number of anilines is 1. The van der Waals surface area contributed by atoms with E-state index in [-0.39, 0.29) is 5.82 Å². The third-order valence-electron chi connectivity index (χ3n) is 7.28. The van der Waals surface area contributed by atoms with E-state index in [4.69, 9.17) is 23.9 Å². The summed E-state index contributed by atoms with van der Waals surface area (Å²) in [6.45, 7) is 5.21. The Morgan fingerprint density at radius 3 is 2.83 bits per heavy atom. The van der Waals surface area contributed by atoms with Crippen molar-refractivity contribution in [1.29, 1.82) is 0 Å². The van der Waals surface area contributed by atoms with E-state index in [1.807, 2.05) is 18.3 Å². The Hall–Kier alpha value is -3.40. The molecular weight excluding hydrogens is 461 g/mol. The first kappa shape index (κ1) is 21.8. The molecule has 2 fully saturated rings. The number of likely N-dealkylation sites (tertiary alicyclic amines) is 1. The summed E-state index contributed by atoms with van der Waals surface area (Å²) in [5.74, 6) is 0.905. The number of ether oxygens (including phenoxy) is 2. The zero-order chi connectivity index (χ0) is 24.2. The Morgan fingerprint density at radius 1 is 1.14 bits per heavy atom. The van der Waals surface area contributed by atoms with Gasteiger partial charge in [-0.05, 0) is 41.3 Å². The summed E-state index contributed by atoms with van der Waals surface area (Å²) in [5.41, 5.74) is 5.53. The highest BCUT2D eigenvalue weighted by Crippen LogP contribution is 2.37. The van der Waals surface area contributed by atoms with Crippen molar-refractivity contribution in [2.75, 3.05) is 51.4 Å². The molecule has 3 aliphatic rings. The number of benzene rings is 1. The zero-order valence-corrected chi connectivity index (χ0v) is 20.0. The van der Waals surface area contributed by atoms with Crippen LogP contribution >= 0.6 is 0 Å². The molecule has 5 heterocycles. The lowest BCUT2D eigenvalue weighted by Gasteiger charge is -2.38. The van der Waals surface area contributed by atoms with Gasteiger partial charge in [-0.25, -0.2) is 19.3 Å². The number of methoxy groups -OCH3 is 1. The van der Waals surface area contributed by atoms with Crippen LogP contribution in [0.3, 0.4) is 0 Å². The van der Waals surface area contributed by atoms with Crippen molar-refractivity contribution >= 4 is 34.1 Å². The van der Waals surface area contributed by atoms with Crippen LogP contribution in [0.25, 0.3) is 39.7 Å². The average Bonchev–Trinajstić information content (AvgIpc) is 3.49. The predicted octanol–water partition coefficient (Wildman–Crippen LogP) is 3.81. The highest BCUT2D eigenvalue weighted by molar-refractivity contribution is 6.05. The number of allylic oxidation sites excluding steroid dienone is 1. The number of nitrogens with zero attached hydrogens (tertiary/aromatic N) is 5. The van der Waals surface area contributed by atoms with Gasteiger partial charge in [0.25, 0.3) is 0 Å². The molecule has 0 saturated carbocycles. The Kier molecular flexibility index (Phi) is 5.23. The van der Waals surface area contributed by atoms with E-state index in [1.54, 1.807) is 13.2 Å². The molecule has 0 N–H and O–H groups in total. The third-order valence-corrected chi connectivity index (χ3v) is 7.28. The number of halogens is 1.